The van der Waals surface area contributed by atoms with E-state index in [2.05, 4.69) is 20.5 Å². The van der Waals surface area contributed by atoms with Crippen LogP contribution >= 0.6 is 11.3 Å². The Hall–Kier alpha value is -4.34. The largest absolute Gasteiger partial charge is 0.433 e. The van der Waals surface area contributed by atoms with Crippen LogP contribution in [0.4, 0.5) is 24.5 Å². The van der Waals surface area contributed by atoms with E-state index in [1.54, 1.807) is 14.0 Å². The number of hydrogen-bond acceptors (Lipinski definition) is 8. The third-order valence-corrected chi connectivity index (χ3v) is 6.46. The zero-order chi connectivity index (χ0) is 26.4. The number of thiophene rings is 1. The van der Waals surface area contributed by atoms with Gasteiger partial charge in [0.1, 0.15) is 27.8 Å². The van der Waals surface area contributed by atoms with Gasteiger partial charge in [0.15, 0.2) is 0 Å². The summed E-state index contributed by atoms with van der Waals surface area (Å²) in [6, 6.07) is 0.836. The minimum Gasteiger partial charge on any atom is -0.365 e. The van der Waals surface area contributed by atoms with Gasteiger partial charge in [0.2, 0.25) is 5.91 Å². The summed E-state index contributed by atoms with van der Waals surface area (Å²) < 4.78 is 43.5. The van der Waals surface area contributed by atoms with Crippen LogP contribution in [0.3, 0.4) is 0 Å². The fourth-order valence-electron chi connectivity index (χ4n) is 3.50. The lowest BCUT2D eigenvalue weighted by Crippen LogP contribution is -2.18. The summed E-state index contributed by atoms with van der Waals surface area (Å²) in [5.41, 5.74) is 4.93. The van der Waals surface area contributed by atoms with E-state index in [0.717, 1.165) is 18.5 Å². The van der Waals surface area contributed by atoms with Crippen LogP contribution in [0, 0.1) is 17.0 Å². The standard InChI is InChI=1S/C20H17F3N8O4S/c1-9-12(7-25-29(9)2)11-5-13(20(21,22)23)27-19-15(11)16(17(36-19)18(24)33)28-14(32)3-4-30-8-10(6-26-30)31(34)35/h5-8H,3-4H2,1-2H3,(H2,24,33)(H,28,32). The molecule has 0 saturated carbocycles. The molecule has 0 bridgehead atoms. The first-order valence-electron chi connectivity index (χ1n) is 10.2. The summed E-state index contributed by atoms with van der Waals surface area (Å²) in [6.07, 6.45) is -1.42. The van der Waals surface area contributed by atoms with Gasteiger partial charge in [-0.3, -0.25) is 29.1 Å². The van der Waals surface area contributed by atoms with Crippen LogP contribution in [-0.2, 0) is 24.6 Å². The molecule has 0 aromatic carbocycles. The Morgan fingerprint density at radius 1 is 1.25 bits per heavy atom. The molecule has 12 nitrogen and oxygen atoms in total. The summed E-state index contributed by atoms with van der Waals surface area (Å²) in [5.74, 6) is -1.58. The van der Waals surface area contributed by atoms with Crippen LogP contribution in [0.15, 0.2) is 24.7 Å². The van der Waals surface area contributed by atoms with E-state index >= 15 is 0 Å². The fraction of sp³-hybridized carbons (Fsp3) is 0.250. The van der Waals surface area contributed by atoms with Crippen molar-refractivity contribution in [1.29, 1.82) is 0 Å². The molecule has 188 valence electrons. The van der Waals surface area contributed by atoms with Crippen molar-refractivity contribution in [1.82, 2.24) is 24.5 Å². The molecule has 0 fully saturated rings. The fourth-order valence-corrected chi connectivity index (χ4v) is 4.51. The molecule has 4 aromatic heterocycles. The number of aromatic nitrogens is 5. The minimum atomic E-state index is -4.77. The third kappa shape index (κ3) is 4.61. The van der Waals surface area contributed by atoms with Gasteiger partial charge in [-0.1, -0.05) is 0 Å². The zero-order valence-electron chi connectivity index (χ0n) is 18.7. The number of nitro groups is 1. The van der Waals surface area contributed by atoms with Crippen LogP contribution in [0.1, 0.15) is 27.5 Å². The lowest BCUT2D eigenvalue weighted by molar-refractivity contribution is -0.385. The predicted octanol–water partition coefficient (Wildman–Crippen LogP) is 3.26. The van der Waals surface area contributed by atoms with E-state index in [0.29, 0.717) is 22.6 Å². The number of amides is 2. The lowest BCUT2D eigenvalue weighted by Gasteiger charge is -2.12. The molecule has 0 atom stereocenters. The number of carbonyl (C=O) groups is 2. The van der Waals surface area contributed by atoms with Crippen LogP contribution in [0.25, 0.3) is 21.3 Å². The molecule has 36 heavy (non-hydrogen) atoms. The highest BCUT2D eigenvalue weighted by molar-refractivity contribution is 7.21. The van der Waals surface area contributed by atoms with Crippen molar-refractivity contribution < 1.29 is 27.7 Å². The van der Waals surface area contributed by atoms with E-state index < -0.39 is 28.6 Å². The molecule has 0 unspecified atom stereocenters. The summed E-state index contributed by atoms with van der Waals surface area (Å²) in [6.45, 7) is 1.63. The second-order valence-electron chi connectivity index (χ2n) is 7.69. The second-order valence-corrected chi connectivity index (χ2v) is 8.69. The lowest BCUT2D eigenvalue weighted by atomic mass is 10.0. The minimum absolute atomic E-state index is 0.0291. The molecule has 0 aliphatic heterocycles. The smallest absolute Gasteiger partial charge is 0.365 e. The molecule has 0 spiro atoms. The second kappa shape index (κ2) is 9.03. The first-order chi connectivity index (χ1) is 16.9. The number of aryl methyl sites for hydroxylation is 2. The van der Waals surface area contributed by atoms with E-state index in [-0.39, 0.29) is 45.0 Å². The maximum atomic E-state index is 13.6. The van der Waals surface area contributed by atoms with Crippen molar-refractivity contribution in [2.24, 2.45) is 12.8 Å². The Bertz CT molecular complexity index is 1520. The molecule has 3 N–H and O–H groups in total. The molecular weight excluding hydrogens is 505 g/mol. The molecule has 4 rings (SSSR count). The molecule has 4 aromatic rings. The quantitative estimate of drug-likeness (QED) is 0.278. The highest BCUT2D eigenvalue weighted by Crippen LogP contribution is 2.44. The van der Waals surface area contributed by atoms with Gasteiger partial charge < -0.3 is 11.1 Å². The van der Waals surface area contributed by atoms with Crippen molar-refractivity contribution in [3.05, 3.63) is 51.0 Å². The molecule has 0 aliphatic carbocycles. The SMILES string of the molecule is Cc1c(-c2cc(C(F)(F)F)nc3sc(C(N)=O)c(NC(=O)CCn4cc([N+](=O)[O-])cn4)c23)cnn1C. The van der Waals surface area contributed by atoms with Gasteiger partial charge in [-0.2, -0.15) is 23.4 Å². The Morgan fingerprint density at radius 3 is 2.53 bits per heavy atom. The van der Waals surface area contributed by atoms with E-state index in [9.17, 15) is 32.9 Å². The maximum Gasteiger partial charge on any atom is 0.433 e. The number of nitrogens with zero attached hydrogens (tertiary/aromatic N) is 6. The number of anilines is 1. The Morgan fingerprint density at radius 2 is 1.97 bits per heavy atom. The summed E-state index contributed by atoms with van der Waals surface area (Å²) >= 11 is 0.627. The van der Waals surface area contributed by atoms with Crippen LogP contribution in [-0.4, -0.2) is 41.3 Å². The van der Waals surface area contributed by atoms with Crippen LogP contribution in [0.5, 0.6) is 0 Å². The van der Waals surface area contributed by atoms with Crippen molar-refractivity contribution in [2.45, 2.75) is 26.1 Å². The molecular formula is C20H17F3N8O4S. The van der Waals surface area contributed by atoms with Gasteiger partial charge in [-0.15, -0.1) is 11.3 Å². The first-order valence-corrected chi connectivity index (χ1v) is 11.0. The topological polar surface area (TPSA) is 164 Å². The van der Waals surface area contributed by atoms with Gasteiger partial charge in [-0.25, -0.2) is 4.98 Å². The molecule has 2 amide bonds. The van der Waals surface area contributed by atoms with Gasteiger partial charge >= 0.3 is 11.9 Å². The number of hydrogen-bond donors (Lipinski definition) is 2. The highest BCUT2D eigenvalue weighted by atomic mass is 32.1. The summed E-state index contributed by atoms with van der Waals surface area (Å²) in [7, 11) is 1.62. The normalized spacial score (nSPS) is 11.7. The number of nitrogens with one attached hydrogen (secondary N) is 1. The number of primary amides is 1. The van der Waals surface area contributed by atoms with E-state index in [4.69, 9.17) is 5.73 Å². The van der Waals surface area contributed by atoms with Crippen molar-refractivity contribution in [3.63, 3.8) is 0 Å². The van der Waals surface area contributed by atoms with Crippen molar-refractivity contribution in [2.75, 3.05) is 5.32 Å². The van der Waals surface area contributed by atoms with Crippen LogP contribution < -0.4 is 11.1 Å². The number of fused-ring (bicyclic) bond motifs is 1. The molecule has 0 aliphatic rings. The summed E-state index contributed by atoms with van der Waals surface area (Å²) in [4.78, 5) is 38.4. The number of rotatable bonds is 7. The average molecular weight is 522 g/mol. The van der Waals surface area contributed by atoms with Gasteiger partial charge in [-0.05, 0) is 18.6 Å². The maximum absolute atomic E-state index is 13.6. The van der Waals surface area contributed by atoms with Gasteiger partial charge in [0.05, 0.1) is 16.8 Å². The highest BCUT2D eigenvalue weighted by Gasteiger charge is 2.35. The predicted molar refractivity (Wildman–Crippen MR) is 122 cm³/mol. The molecule has 0 radical (unpaired) electrons. The number of halogens is 3. The molecule has 0 saturated heterocycles. The monoisotopic (exact) mass is 522 g/mol. The summed E-state index contributed by atoms with van der Waals surface area (Å²) in [5, 5.41) is 21.3. The van der Waals surface area contributed by atoms with Gasteiger partial charge in [0.25, 0.3) is 5.91 Å². The first kappa shape index (κ1) is 24.8. The number of pyridine rings is 1. The molecule has 16 heteroatoms. The number of alkyl halides is 3. The third-order valence-electron chi connectivity index (χ3n) is 5.36. The number of nitrogens with two attached hydrogens (primary N) is 1. The van der Waals surface area contributed by atoms with Gasteiger partial charge in [0, 0.05) is 36.7 Å². The van der Waals surface area contributed by atoms with Crippen molar-refractivity contribution >= 4 is 44.7 Å². The Kier molecular flexibility index (Phi) is 6.21. The Balaban J connectivity index is 1.79. The van der Waals surface area contributed by atoms with Crippen LogP contribution in [0.2, 0.25) is 0 Å². The van der Waals surface area contributed by atoms with E-state index in [1.165, 1.54) is 15.6 Å². The average Bonchev–Trinajstić information content (AvgIpc) is 3.50. The Labute approximate surface area is 203 Å². The van der Waals surface area contributed by atoms with E-state index in [1.807, 2.05) is 0 Å². The molecule has 4 heterocycles. The van der Waals surface area contributed by atoms with Crippen molar-refractivity contribution in [3.8, 4) is 11.1 Å². The number of carbonyl (C=O) groups excluding carboxylic acids is 2. The zero-order valence-corrected chi connectivity index (χ0v) is 19.5.